The second-order valence-corrected chi connectivity index (χ2v) is 4.69. The number of hydrogen-bond donors (Lipinski definition) is 3. The number of anilines is 1. The van der Waals surface area contributed by atoms with Crippen LogP contribution in [0.3, 0.4) is 0 Å². The van der Waals surface area contributed by atoms with Gasteiger partial charge in [0.25, 0.3) is 0 Å². The molecule has 2 rings (SSSR count). The van der Waals surface area contributed by atoms with Gasteiger partial charge in [-0.05, 0) is 31.0 Å². The van der Waals surface area contributed by atoms with Gasteiger partial charge >= 0.3 is 6.03 Å². The SMILES string of the molecule is O=C(CNC(=O)NC1CC1)Nc1ccc(F)c(Cl)c1. The van der Waals surface area contributed by atoms with Crippen molar-refractivity contribution in [1.82, 2.24) is 10.6 Å². The number of rotatable bonds is 4. The third-order valence-corrected chi connectivity index (χ3v) is 2.82. The molecule has 0 unspecified atom stereocenters. The number of carbonyl (C=O) groups is 2. The van der Waals surface area contributed by atoms with E-state index in [0.717, 1.165) is 18.9 Å². The fraction of sp³-hybridized carbons (Fsp3) is 0.333. The van der Waals surface area contributed by atoms with Crippen molar-refractivity contribution in [2.24, 2.45) is 0 Å². The first-order valence-corrected chi connectivity index (χ1v) is 6.21. The van der Waals surface area contributed by atoms with Gasteiger partial charge in [-0.1, -0.05) is 11.6 Å². The molecule has 0 aromatic heterocycles. The van der Waals surface area contributed by atoms with Crippen molar-refractivity contribution in [3.63, 3.8) is 0 Å². The summed E-state index contributed by atoms with van der Waals surface area (Å²) < 4.78 is 12.9. The Balaban J connectivity index is 1.76. The molecule has 1 aliphatic rings. The molecule has 1 aromatic rings. The number of nitrogens with one attached hydrogen (secondary N) is 3. The molecular weight excluding hydrogens is 273 g/mol. The zero-order chi connectivity index (χ0) is 13.8. The smallest absolute Gasteiger partial charge is 0.315 e. The van der Waals surface area contributed by atoms with Crippen LogP contribution < -0.4 is 16.0 Å². The van der Waals surface area contributed by atoms with Gasteiger partial charge in [0, 0.05) is 11.7 Å². The van der Waals surface area contributed by atoms with E-state index in [1.807, 2.05) is 0 Å². The van der Waals surface area contributed by atoms with E-state index in [2.05, 4.69) is 16.0 Å². The van der Waals surface area contributed by atoms with Crippen LogP contribution >= 0.6 is 11.6 Å². The normalized spacial score (nSPS) is 13.8. The number of halogens is 2. The van der Waals surface area contributed by atoms with Crippen molar-refractivity contribution >= 4 is 29.2 Å². The Labute approximate surface area is 114 Å². The molecule has 0 bridgehead atoms. The first kappa shape index (κ1) is 13.6. The third kappa shape index (κ3) is 4.40. The maximum absolute atomic E-state index is 12.9. The molecule has 7 heteroatoms. The van der Waals surface area contributed by atoms with E-state index in [-0.39, 0.29) is 23.6 Å². The Morgan fingerprint density at radius 2 is 2.11 bits per heavy atom. The third-order valence-electron chi connectivity index (χ3n) is 2.53. The maximum Gasteiger partial charge on any atom is 0.315 e. The van der Waals surface area contributed by atoms with Crippen LogP contribution in [-0.2, 0) is 4.79 Å². The topological polar surface area (TPSA) is 70.2 Å². The Kier molecular flexibility index (Phi) is 4.21. The van der Waals surface area contributed by atoms with Crippen molar-refractivity contribution < 1.29 is 14.0 Å². The van der Waals surface area contributed by atoms with Gasteiger partial charge < -0.3 is 16.0 Å². The number of benzene rings is 1. The van der Waals surface area contributed by atoms with Gasteiger partial charge in [-0.3, -0.25) is 4.79 Å². The molecule has 0 atom stereocenters. The summed E-state index contributed by atoms with van der Waals surface area (Å²) in [4.78, 5) is 22.8. The van der Waals surface area contributed by atoms with Gasteiger partial charge in [-0.25, -0.2) is 9.18 Å². The van der Waals surface area contributed by atoms with Crippen molar-refractivity contribution in [2.75, 3.05) is 11.9 Å². The van der Waals surface area contributed by atoms with E-state index in [9.17, 15) is 14.0 Å². The van der Waals surface area contributed by atoms with Crippen molar-refractivity contribution in [3.8, 4) is 0 Å². The number of urea groups is 1. The van der Waals surface area contributed by atoms with Crippen LogP contribution in [0.1, 0.15) is 12.8 Å². The Morgan fingerprint density at radius 3 is 2.74 bits per heavy atom. The average molecular weight is 286 g/mol. The molecule has 0 saturated heterocycles. The molecule has 0 aliphatic heterocycles. The summed E-state index contributed by atoms with van der Waals surface area (Å²) in [6.45, 7) is -0.159. The van der Waals surface area contributed by atoms with Crippen LogP contribution in [0.2, 0.25) is 5.02 Å². The molecule has 1 fully saturated rings. The van der Waals surface area contributed by atoms with E-state index in [1.165, 1.54) is 12.1 Å². The lowest BCUT2D eigenvalue weighted by atomic mass is 10.3. The minimum absolute atomic E-state index is 0.0720. The molecule has 0 radical (unpaired) electrons. The summed E-state index contributed by atoms with van der Waals surface area (Å²) in [6, 6.07) is 3.72. The zero-order valence-electron chi connectivity index (χ0n) is 10.0. The largest absolute Gasteiger partial charge is 0.335 e. The highest BCUT2D eigenvalue weighted by molar-refractivity contribution is 6.31. The quantitative estimate of drug-likeness (QED) is 0.790. The van der Waals surface area contributed by atoms with Gasteiger partial charge in [0.2, 0.25) is 5.91 Å². The lowest BCUT2D eigenvalue weighted by Crippen LogP contribution is -2.40. The highest BCUT2D eigenvalue weighted by atomic mass is 35.5. The van der Waals surface area contributed by atoms with Gasteiger partial charge in [0.05, 0.1) is 11.6 Å². The van der Waals surface area contributed by atoms with E-state index in [1.54, 1.807) is 0 Å². The van der Waals surface area contributed by atoms with Crippen LogP contribution in [0.15, 0.2) is 18.2 Å². The minimum atomic E-state index is -0.554. The summed E-state index contributed by atoms with van der Waals surface area (Å²) >= 11 is 5.58. The predicted molar refractivity (Wildman–Crippen MR) is 69.6 cm³/mol. The molecule has 3 N–H and O–H groups in total. The summed E-state index contributed by atoms with van der Waals surface area (Å²) in [5.41, 5.74) is 0.376. The Bertz CT molecular complexity index is 506. The lowest BCUT2D eigenvalue weighted by molar-refractivity contribution is -0.115. The van der Waals surface area contributed by atoms with Gasteiger partial charge in [0.15, 0.2) is 0 Å². The van der Waals surface area contributed by atoms with E-state index in [0.29, 0.717) is 5.69 Å². The van der Waals surface area contributed by atoms with Crippen LogP contribution in [-0.4, -0.2) is 24.5 Å². The lowest BCUT2D eigenvalue weighted by Gasteiger charge is -2.08. The van der Waals surface area contributed by atoms with Crippen LogP contribution in [0.4, 0.5) is 14.9 Å². The molecule has 5 nitrogen and oxygen atoms in total. The molecular formula is C12H13ClFN3O2. The molecule has 102 valence electrons. The second-order valence-electron chi connectivity index (χ2n) is 4.28. The van der Waals surface area contributed by atoms with Crippen LogP contribution in [0.5, 0.6) is 0 Å². The van der Waals surface area contributed by atoms with Crippen LogP contribution in [0, 0.1) is 5.82 Å². The molecule has 1 aliphatic carbocycles. The summed E-state index contributed by atoms with van der Waals surface area (Å²) in [7, 11) is 0. The monoisotopic (exact) mass is 285 g/mol. The van der Waals surface area contributed by atoms with Crippen molar-refractivity contribution in [2.45, 2.75) is 18.9 Å². The molecule has 1 saturated carbocycles. The fourth-order valence-corrected chi connectivity index (χ4v) is 1.58. The van der Waals surface area contributed by atoms with E-state index < -0.39 is 11.7 Å². The van der Waals surface area contributed by atoms with E-state index in [4.69, 9.17) is 11.6 Å². The first-order chi connectivity index (χ1) is 9.04. The molecule has 0 spiro atoms. The number of carbonyl (C=O) groups excluding carboxylic acids is 2. The molecule has 0 heterocycles. The molecule has 19 heavy (non-hydrogen) atoms. The molecule has 3 amide bonds. The Hall–Kier alpha value is -1.82. The standard InChI is InChI=1S/C12H13ClFN3O2/c13-9-5-8(3-4-10(9)14)16-11(18)6-15-12(19)17-7-1-2-7/h3-5,7H,1-2,6H2,(H,16,18)(H2,15,17,19). The van der Waals surface area contributed by atoms with E-state index >= 15 is 0 Å². The number of amides is 3. The minimum Gasteiger partial charge on any atom is -0.335 e. The fourth-order valence-electron chi connectivity index (χ4n) is 1.40. The summed E-state index contributed by atoms with van der Waals surface area (Å²) in [5.74, 6) is -0.963. The first-order valence-electron chi connectivity index (χ1n) is 5.84. The van der Waals surface area contributed by atoms with Gasteiger partial charge in [0.1, 0.15) is 5.82 Å². The van der Waals surface area contributed by atoms with Gasteiger partial charge in [-0.15, -0.1) is 0 Å². The summed E-state index contributed by atoms with van der Waals surface area (Å²) in [5, 5.41) is 7.55. The average Bonchev–Trinajstić information content (AvgIpc) is 3.15. The second kappa shape index (κ2) is 5.88. The highest BCUT2D eigenvalue weighted by Crippen LogP contribution is 2.19. The zero-order valence-corrected chi connectivity index (χ0v) is 10.8. The van der Waals surface area contributed by atoms with Crippen molar-refractivity contribution in [3.05, 3.63) is 29.0 Å². The van der Waals surface area contributed by atoms with Gasteiger partial charge in [-0.2, -0.15) is 0 Å². The van der Waals surface area contributed by atoms with Crippen LogP contribution in [0.25, 0.3) is 0 Å². The molecule has 1 aromatic carbocycles. The summed E-state index contributed by atoms with van der Waals surface area (Å²) in [6.07, 6.45) is 1.96. The number of hydrogen-bond acceptors (Lipinski definition) is 2. The maximum atomic E-state index is 12.9. The highest BCUT2D eigenvalue weighted by Gasteiger charge is 2.23. The predicted octanol–water partition coefficient (Wildman–Crippen LogP) is 1.88. The Morgan fingerprint density at radius 1 is 1.37 bits per heavy atom. The van der Waals surface area contributed by atoms with Crippen molar-refractivity contribution in [1.29, 1.82) is 0 Å².